The Morgan fingerprint density at radius 3 is 2.68 bits per heavy atom. The number of thiazole rings is 1. The van der Waals surface area contributed by atoms with Crippen molar-refractivity contribution in [2.24, 2.45) is 0 Å². The van der Waals surface area contributed by atoms with Gasteiger partial charge < -0.3 is 19.5 Å². The third-order valence-electron chi connectivity index (χ3n) is 4.72. The van der Waals surface area contributed by atoms with Gasteiger partial charge >= 0.3 is 0 Å². The number of fused-ring (bicyclic) bond motifs is 1. The lowest BCUT2D eigenvalue weighted by Crippen LogP contribution is -2.36. The minimum absolute atomic E-state index is 0.0257. The number of nitrogens with one attached hydrogen (secondary N) is 1. The van der Waals surface area contributed by atoms with E-state index >= 15 is 0 Å². The molecule has 0 saturated heterocycles. The normalized spacial score (nSPS) is 20.7. The van der Waals surface area contributed by atoms with Crippen LogP contribution >= 0.6 is 11.3 Å². The van der Waals surface area contributed by atoms with E-state index in [1.54, 1.807) is 0 Å². The van der Waals surface area contributed by atoms with Gasteiger partial charge in [0, 0.05) is 19.0 Å². The van der Waals surface area contributed by atoms with E-state index < -0.39 is 0 Å². The number of hydrogen-bond acceptors (Lipinski definition) is 7. The van der Waals surface area contributed by atoms with Crippen molar-refractivity contribution in [3.8, 4) is 11.1 Å². The lowest BCUT2D eigenvalue weighted by atomic mass is 9.95. The Labute approximate surface area is 169 Å². The number of amides is 1. The summed E-state index contributed by atoms with van der Waals surface area (Å²) in [4.78, 5) is 21.0. The molecule has 0 bridgehead atoms. The second-order valence-electron chi connectivity index (χ2n) is 7.30. The average molecular weight is 408 g/mol. The first-order valence-electron chi connectivity index (χ1n) is 9.91. The molecule has 2 aromatic heterocycles. The molecule has 0 aromatic carbocycles. The molecule has 1 saturated carbocycles. The zero-order valence-corrected chi connectivity index (χ0v) is 17.8. The van der Waals surface area contributed by atoms with Gasteiger partial charge in [0.2, 0.25) is 11.8 Å². The van der Waals surface area contributed by atoms with Gasteiger partial charge in [0.1, 0.15) is 11.6 Å². The molecular formula is C20H29N3O4S. The Hall–Kier alpha value is -1.93. The van der Waals surface area contributed by atoms with Crippen LogP contribution in [-0.2, 0) is 9.53 Å². The summed E-state index contributed by atoms with van der Waals surface area (Å²) in [6.45, 7) is 8.58. The largest absolute Gasteiger partial charge is 0.474 e. The van der Waals surface area contributed by atoms with E-state index in [-0.39, 0.29) is 24.2 Å². The number of aromatic nitrogens is 2. The third-order valence-corrected chi connectivity index (χ3v) is 5.58. The van der Waals surface area contributed by atoms with Gasteiger partial charge in [-0.15, -0.1) is 0 Å². The molecule has 1 amide bonds. The number of nitrogens with zero attached hydrogens (tertiary/aromatic N) is 2. The molecule has 2 heterocycles. The minimum atomic E-state index is -0.0257. The average Bonchev–Trinajstić information content (AvgIpc) is 3.04. The Kier molecular flexibility index (Phi) is 7.07. The quantitative estimate of drug-likeness (QED) is 0.720. The van der Waals surface area contributed by atoms with Gasteiger partial charge in [0.25, 0.3) is 5.19 Å². The Balaban J connectivity index is 1.51. The van der Waals surface area contributed by atoms with Crippen LogP contribution in [-0.4, -0.2) is 47.3 Å². The highest BCUT2D eigenvalue weighted by molar-refractivity contribution is 7.19. The van der Waals surface area contributed by atoms with Crippen LogP contribution in [0.2, 0.25) is 0 Å². The second-order valence-corrected chi connectivity index (χ2v) is 8.24. The molecule has 7 nitrogen and oxygen atoms in total. The topological polar surface area (TPSA) is 82.6 Å². The molecule has 0 unspecified atom stereocenters. The first kappa shape index (κ1) is 20.8. The van der Waals surface area contributed by atoms with Crippen molar-refractivity contribution in [2.45, 2.75) is 71.6 Å². The van der Waals surface area contributed by atoms with E-state index in [0.29, 0.717) is 24.3 Å². The van der Waals surface area contributed by atoms with Gasteiger partial charge in [-0.25, -0.2) is 9.97 Å². The van der Waals surface area contributed by atoms with Crippen LogP contribution in [0.3, 0.4) is 0 Å². The minimum Gasteiger partial charge on any atom is -0.474 e. The van der Waals surface area contributed by atoms with Crippen LogP contribution in [0.15, 0.2) is 6.07 Å². The van der Waals surface area contributed by atoms with Gasteiger partial charge in [-0.2, -0.15) is 0 Å². The zero-order valence-electron chi connectivity index (χ0n) is 17.0. The van der Waals surface area contributed by atoms with Gasteiger partial charge in [-0.1, -0.05) is 11.3 Å². The molecule has 1 aliphatic carbocycles. The van der Waals surface area contributed by atoms with Crippen LogP contribution in [0.4, 0.5) is 0 Å². The van der Waals surface area contributed by atoms with Crippen molar-refractivity contribution in [1.82, 2.24) is 15.3 Å². The highest BCUT2D eigenvalue weighted by atomic mass is 32.1. The highest BCUT2D eigenvalue weighted by Gasteiger charge is 2.24. The van der Waals surface area contributed by atoms with E-state index in [9.17, 15) is 4.79 Å². The predicted molar refractivity (Wildman–Crippen MR) is 109 cm³/mol. The second kappa shape index (κ2) is 9.52. The van der Waals surface area contributed by atoms with E-state index in [0.717, 1.165) is 41.6 Å². The van der Waals surface area contributed by atoms with E-state index in [1.165, 1.54) is 18.3 Å². The number of hydrogen-bond donors (Lipinski definition) is 1. The zero-order chi connectivity index (χ0) is 20.1. The highest BCUT2D eigenvalue weighted by Crippen LogP contribution is 2.32. The summed E-state index contributed by atoms with van der Waals surface area (Å²) in [5, 5.41) is 3.49. The summed E-state index contributed by atoms with van der Waals surface area (Å²) in [5.74, 6) is 0.627. The summed E-state index contributed by atoms with van der Waals surface area (Å²) in [7, 11) is 0. The molecule has 0 radical (unpaired) electrons. The molecule has 1 atom stereocenters. The first-order valence-corrected chi connectivity index (χ1v) is 10.7. The van der Waals surface area contributed by atoms with Gasteiger partial charge in [-0.3, -0.25) is 4.79 Å². The van der Waals surface area contributed by atoms with Gasteiger partial charge in [0.15, 0.2) is 4.83 Å². The fourth-order valence-corrected chi connectivity index (χ4v) is 4.33. The number of carbonyl (C=O) groups excluding carboxylic acids is 1. The van der Waals surface area contributed by atoms with Crippen LogP contribution in [0.25, 0.3) is 10.3 Å². The number of carbonyl (C=O) groups is 1. The molecule has 28 heavy (non-hydrogen) atoms. The van der Waals surface area contributed by atoms with Crippen molar-refractivity contribution in [3.05, 3.63) is 11.6 Å². The summed E-state index contributed by atoms with van der Waals surface area (Å²) in [6.07, 6.45) is 4.15. The first-order chi connectivity index (χ1) is 13.4. The number of pyridine rings is 1. The standard InChI is InChI=1S/C20H29N3O4S/c1-5-25-20-23-18-12(2)10-17(22-19(18)28-20)27-16-8-6-15(7-9-16)26-11-13(3)21-14(4)24/h10,13,15-16H,5-9,11H2,1-4H3,(H,21,24)/t13-,15?,16?/m0/s1. The van der Waals surface area contributed by atoms with Crippen LogP contribution < -0.4 is 14.8 Å². The summed E-state index contributed by atoms with van der Waals surface area (Å²) in [5.41, 5.74) is 1.93. The van der Waals surface area contributed by atoms with E-state index in [2.05, 4.69) is 15.3 Å². The summed E-state index contributed by atoms with van der Waals surface area (Å²) in [6, 6.07) is 1.99. The fraction of sp³-hybridized carbons (Fsp3) is 0.650. The van der Waals surface area contributed by atoms with E-state index in [1.807, 2.05) is 26.8 Å². The maximum Gasteiger partial charge on any atom is 0.275 e. The molecule has 0 spiro atoms. The number of rotatable bonds is 8. The number of ether oxygens (including phenoxy) is 3. The summed E-state index contributed by atoms with van der Waals surface area (Å²) < 4.78 is 17.6. The molecule has 154 valence electrons. The van der Waals surface area contributed by atoms with Crippen molar-refractivity contribution < 1.29 is 19.0 Å². The molecule has 1 N–H and O–H groups in total. The van der Waals surface area contributed by atoms with Crippen molar-refractivity contribution in [3.63, 3.8) is 0 Å². The monoisotopic (exact) mass is 407 g/mol. The lowest BCUT2D eigenvalue weighted by molar-refractivity contribution is -0.120. The van der Waals surface area contributed by atoms with Crippen molar-refractivity contribution in [1.29, 1.82) is 0 Å². The molecular weight excluding hydrogens is 378 g/mol. The molecule has 2 aromatic rings. The van der Waals surface area contributed by atoms with Gasteiger partial charge in [-0.05, 0) is 52.0 Å². The molecule has 0 aliphatic heterocycles. The molecule has 1 aliphatic rings. The smallest absolute Gasteiger partial charge is 0.275 e. The maximum absolute atomic E-state index is 11.1. The van der Waals surface area contributed by atoms with Crippen LogP contribution in [0.1, 0.15) is 52.0 Å². The molecule has 1 fully saturated rings. The fourth-order valence-electron chi connectivity index (χ4n) is 3.41. The van der Waals surface area contributed by atoms with Crippen molar-refractivity contribution >= 4 is 27.6 Å². The molecule has 3 rings (SSSR count). The van der Waals surface area contributed by atoms with Gasteiger partial charge in [0.05, 0.1) is 19.3 Å². The SMILES string of the molecule is CCOc1nc2c(C)cc(OC3CCC(OC[C@H](C)NC(C)=O)CC3)nc2s1. The third kappa shape index (κ3) is 5.54. The Bertz CT molecular complexity index is 802. The predicted octanol–water partition coefficient (Wildman–Crippen LogP) is 3.63. The molecule has 8 heteroatoms. The van der Waals surface area contributed by atoms with Crippen molar-refractivity contribution in [2.75, 3.05) is 13.2 Å². The Morgan fingerprint density at radius 1 is 1.29 bits per heavy atom. The number of aryl methyl sites for hydroxylation is 1. The van der Waals surface area contributed by atoms with E-state index in [4.69, 9.17) is 14.2 Å². The Morgan fingerprint density at radius 2 is 2.00 bits per heavy atom. The summed E-state index contributed by atoms with van der Waals surface area (Å²) >= 11 is 1.45. The lowest BCUT2D eigenvalue weighted by Gasteiger charge is -2.29. The van der Waals surface area contributed by atoms with Crippen LogP contribution in [0, 0.1) is 6.92 Å². The maximum atomic E-state index is 11.1. The van der Waals surface area contributed by atoms with Crippen LogP contribution in [0.5, 0.6) is 11.1 Å².